The molecule has 17 heavy (non-hydrogen) atoms. The first-order valence-corrected chi connectivity index (χ1v) is 6.55. The Kier molecular flexibility index (Phi) is 22.0. The van der Waals surface area contributed by atoms with Gasteiger partial charge in [-0.15, -0.1) is 0 Å². The van der Waals surface area contributed by atoms with Crippen LogP contribution in [0.4, 0.5) is 0 Å². The molecule has 0 bridgehead atoms. The highest BCUT2D eigenvalue weighted by Gasteiger charge is 2.13. The van der Waals surface area contributed by atoms with Gasteiger partial charge in [-0.05, 0) is 32.7 Å². The van der Waals surface area contributed by atoms with Crippen molar-refractivity contribution >= 4 is 11.7 Å². The second-order valence-corrected chi connectivity index (χ2v) is 3.15. The number of rotatable bonds is 6. The normalized spacial score (nSPS) is 10.1. The van der Waals surface area contributed by atoms with Crippen molar-refractivity contribution in [2.24, 2.45) is 5.73 Å². The lowest BCUT2D eigenvalue weighted by Gasteiger charge is -2.13. The van der Waals surface area contributed by atoms with Crippen LogP contribution < -0.4 is 11.1 Å². The Bertz CT molecular complexity index is 182. The summed E-state index contributed by atoms with van der Waals surface area (Å²) in [6.07, 6.45) is 2.45. The lowest BCUT2D eigenvalue weighted by atomic mass is 10.1. The Morgan fingerprint density at radius 3 is 1.82 bits per heavy atom. The third-order valence-electron chi connectivity index (χ3n) is 1.82. The van der Waals surface area contributed by atoms with Gasteiger partial charge in [0.25, 0.3) is 0 Å². The summed E-state index contributed by atoms with van der Waals surface area (Å²) in [5.41, 5.74) is 5.32. The lowest BCUT2D eigenvalue weighted by Crippen LogP contribution is -2.38. The Balaban J connectivity index is -0.000000439. The van der Waals surface area contributed by atoms with Gasteiger partial charge in [-0.25, -0.2) is 0 Å². The maximum Gasteiger partial charge on any atom is 0.217 e. The molecule has 3 N–H and O–H groups in total. The van der Waals surface area contributed by atoms with Crippen molar-refractivity contribution in [2.45, 2.75) is 66.8 Å². The fraction of sp³-hybridized carbons (Fsp3) is 0.846. The predicted octanol–water partition coefficient (Wildman–Crippen LogP) is 2.26. The molecule has 0 saturated heterocycles. The molecule has 0 aliphatic carbocycles. The van der Waals surface area contributed by atoms with E-state index in [9.17, 15) is 9.59 Å². The molecule has 0 heterocycles. The van der Waals surface area contributed by atoms with Gasteiger partial charge < -0.3 is 11.1 Å². The van der Waals surface area contributed by atoms with Gasteiger partial charge in [0, 0.05) is 6.92 Å². The fourth-order valence-corrected chi connectivity index (χ4v) is 1.12. The number of nitrogens with two attached hydrogens (primary N) is 1. The molecule has 0 aromatic rings. The van der Waals surface area contributed by atoms with Crippen LogP contribution in [0.1, 0.15) is 60.8 Å². The van der Waals surface area contributed by atoms with Crippen molar-refractivity contribution in [3.8, 4) is 0 Å². The minimum absolute atomic E-state index is 0.00669. The van der Waals surface area contributed by atoms with Gasteiger partial charge in [0.05, 0.1) is 6.04 Å². The summed E-state index contributed by atoms with van der Waals surface area (Å²) >= 11 is 0. The summed E-state index contributed by atoms with van der Waals surface area (Å²) in [5.74, 6) is -0.153. The molecule has 0 fully saturated rings. The maximum atomic E-state index is 11.0. The summed E-state index contributed by atoms with van der Waals surface area (Å²) in [6, 6.07) is -0.330. The van der Waals surface area contributed by atoms with Crippen LogP contribution in [0.5, 0.6) is 0 Å². The summed E-state index contributed by atoms with van der Waals surface area (Å²) < 4.78 is 0. The van der Waals surface area contributed by atoms with Crippen molar-refractivity contribution < 1.29 is 9.59 Å². The number of carbonyl (C=O) groups is 2. The average Bonchev–Trinajstić information content (AvgIpc) is 2.32. The van der Waals surface area contributed by atoms with Crippen LogP contribution in [0, 0.1) is 0 Å². The molecule has 1 unspecified atom stereocenters. The van der Waals surface area contributed by atoms with Gasteiger partial charge in [-0.1, -0.05) is 27.7 Å². The van der Waals surface area contributed by atoms with Crippen LogP contribution in [0.3, 0.4) is 0 Å². The molecule has 0 aliphatic heterocycles. The van der Waals surface area contributed by atoms with Crippen molar-refractivity contribution in [3.05, 3.63) is 0 Å². The largest absolute Gasteiger partial charge is 0.347 e. The third kappa shape index (κ3) is 17.7. The molecular formula is C13H30N2O2. The molecule has 1 amide bonds. The second-order valence-electron chi connectivity index (χ2n) is 3.15. The number of nitrogens with one attached hydrogen (secondary N) is 1. The molecule has 0 aromatic carbocycles. The van der Waals surface area contributed by atoms with Gasteiger partial charge >= 0.3 is 0 Å². The molecular weight excluding hydrogens is 216 g/mol. The van der Waals surface area contributed by atoms with Crippen molar-refractivity contribution in [1.82, 2.24) is 5.32 Å². The molecule has 4 nitrogen and oxygen atoms in total. The Morgan fingerprint density at radius 2 is 1.53 bits per heavy atom. The van der Waals surface area contributed by atoms with Gasteiger partial charge in [0.2, 0.25) is 5.91 Å². The molecule has 0 aromatic heterocycles. The summed E-state index contributed by atoms with van der Waals surface area (Å²) in [7, 11) is 0. The molecule has 0 aliphatic rings. The molecule has 4 heteroatoms. The monoisotopic (exact) mass is 246 g/mol. The number of Topliss-reactive ketones (excluding diaryl/α,β-unsaturated/α-hetero) is 1. The summed E-state index contributed by atoms with van der Waals surface area (Å²) in [6.45, 7) is 11.5. The highest BCUT2D eigenvalue weighted by molar-refractivity contribution is 5.86. The number of amides is 1. The highest BCUT2D eigenvalue weighted by atomic mass is 16.2. The van der Waals surface area contributed by atoms with E-state index < -0.39 is 0 Å². The summed E-state index contributed by atoms with van der Waals surface area (Å²) in [5, 5.41) is 2.61. The fourth-order valence-electron chi connectivity index (χ4n) is 1.12. The number of unbranched alkanes of at least 4 members (excludes halogenated alkanes) is 1. The van der Waals surface area contributed by atoms with E-state index in [1.54, 1.807) is 0 Å². The zero-order chi connectivity index (χ0) is 14.3. The van der Waals surface area contributed by atoms with E-state index in [1.165, 1.54) is 13.8 Å². The SMILES string of the molecule is CC.CC.CC(=O)NC(CCCCN)C(C)=O. The Morgan fingerprint density at radius 1 is 1.06 bits per heavy atom. The Hall–Kier alpha value is -0.900. The molecule has 0 saturated carbocycles. The van der Waals surface area contributed by atoms with Crippen LogP contribution in [0.15, 0.2) is 0 Å². The Labute approximate surface area is 106 Å². The summed E-state index contributed by atoms with van der Waals surface area (Å²) in [4.78, 5) is 21.7. The zero-order valence-corrected chi connectivity index (χ0v) is 12.3. The quantitative estimate of drug-likeness (QED) is 0.706. The van der Waals surface area contributed by atoms with Crippen molar-refractivity contribution in [2.75, 3.05) is 6.54 Å². The maximum absolute atomic E-state index is 11.0. The third-order valence-corrected chi connectivity index (χ3v) is 1.82. The van der Waals surface area contributed by atoms with E-state index in [4.69, 9.17) is 5.73 Å². The zero-order valence-electron chi connectivity index (χ0n) is 12.3. The second kappa shape index (κ2) is 17.5. The first-order chi connectivity index (χ1) is 8.07. The van der Waals surface area contributed by atoms with Crippen LogP contribution in [0.2, 0.25) is 0 Å². The van der Waals surface area contributed by atoms with Crippen molar-refractivity contribution in [3.63, 3.8) is 0 Å². The molecule has 0 rings (SSSR count). The van der Waals surface area contributed by atoms with E-state index in [0.29, 0.717) is 13.0 Å². The predicted molar refractivity (Wildman–Crippen MR) is 73.9 cm³/mol. The van der Waals surface area contributed by atoms with E-state index in [0.717, 1.165) is 12.8 Å². The minimum Gasteiger partial charge on any atom is -0.347 e. The van der Waals surface area contributed by atoms with E-state index in [1.807, 2.05) is 27.7 Å². The molecule has 104 valence electrons. The topological polar surface area (TPSA) is 72.2 Å². The lowest BCUT2D eigenvalue weighted by molar-refractivity contribution is -0.125. The standard InChI is InChI=1S/C9H18N2O2.2C2H6/c1-7(12)9(11-8(2)13)5-3-4-6-10;2*1-2/h9H,3-6,10H2,1-2H3,(H,11,13);2*1-2H3. The van der Waals surface area contributed by atoms with Crippen LogP contribution in [0.25, 0.3) is 0 Å². The first kappa shape index (κ1) is 21.4. The number of carbonyl (C=O) groups excluding carboxylic acids is 2. The van der Waals surface area contributed by atoms with Gasteiger partial charge in [-0.2, -0.15) is 0 Å². The number of hydrogen-bond acceptors (Lipinski definition) is 3. The molecule has 1 atom stereocenters. The van der Waals surface area contributed by atoms with Gasteiger partial charge in [-0.3, -0.25) is 9.59 Å². The van der Waals surface area contributed by atoms with Gasteiger partial charge in [0.15, 0.2) is 5.78 Å². The average molecular weight is 246 g/mol. The van der Waals surface area contributed by atoms with Crippen LogP contribution >= 0.6 is 0 Å². The molecule has 0 spiro atoms. The number of ketones is 1. The van der Waals surface area contributed by atoms with E-state index in [2.05, 4.69) is 5.32 Å². The van der Waals surface area contributed by atoms with E-state index in [-0.39, 0.29) is 17.7 Å². The van der Waals surface area contributed by atoms with E-state index >= 15 is 0 Å². The van der Waals surface area contributed by atoms with Gasteiger partial charge in [0.1, 0.15) is 0 Å². The van der Waals surface area contributed by atoms with Crippen LogP contribution in [-0.4, -0.2) is 24.3 Å². The van der Waals surface area contributed by atoms with Crippen LogP contribution in [-0.2, 0) is 9.59 Å². The highest BCUT2D eigenvalue weighted by Crippen LogP contribution is 2.01. The molecule has 0 radical (unpaired) electrons. The smallest absolute Gasteiger partial charge is 0.217 e. The minimum atomic E-state index is -0.330. The first-order valence-electron chi connectivity index (χ1n) is 6.55. The van der Waals surface area contributed by atoms with Crippen molar-refractivity contribution in [1.29, 1.82) is 0 Å². The number of hydrogen-bond donors (Lipinski definition) is 2.